The first-order chi connectivity index (χ1) is 15.3. The molecule has 4 rings (SSSR count). The van der Waals surface area contributed by atoms with E-state index >= 15 is 0 Å². The summed E-state index contributed by atoms with van der Waals surface area (Å²) in [4.78, 5) is 28.0. The molecule has 1 saturated heterocycles. The fourth-order valence-corrected chi connectivity index (χ4v) is 5.00. The summed E-state index contributed by atoms with van der Waals surface area (Å²) in [5, 5.41) is 11.9. The number of hydrogen-bond donors (Lipinski definition) is 1. The summed E-state index contributed by atoms with van der Waals surface area (Å²) < 4.78 is 5.45. The Morgan fingerprint density at radius 2 is 1.75 bits per heavy atom. The van der Waals surface area contributed by atoms with E-state index in [1.165, 1.54) is 0 Å². The Hall–Kier alpha value is -2.79. The molecule has 2 aromatic carbocycles. The van der Waals surface area contributed by atoms with Gasteiger partial charge in [0.25, 0.3) is 11.7 Å². The molecule has 1 N–H and O–H groups in total. The van der Waals surface area contributed by atoms with Crippen molar-refractivity contribution in [3.63, 3.8) is 0 Å². The molecule has 1 heterocycles. The normalized spacial score (nSPS) is 21.0. The number of benzene rings is 2. The van der Waals surface area contributed by atoms with Crippen molar-refractivity contribution in [2.24, 2.45) is 0 Å². The van der Waals surface area contributed by atoms with Gasteiger partial charge in [-0.2, -0.15) is 0 Å². The second-order valence-electron chi connectivity index (χ2n) is 8.81. The van der Waals surface area contributed by atoms with Gasteiger partial charge in [-0.15, -0.1) is 0 Å². The van der Waals surface area contributed by atoms with Crippen LogP contribution in [0.3, 0.4) is 0 Å². The molecular formula is C26H28ClNO4. The van der Waals surface area contributed by atoms with E-state index in [0.29, 0.717) is 10.6 Å². The molecule has 168 valence electrons. The summed E-state index contributed by atoms with van der Waals surface area (Å²) in [5.74, 6) is -0.469. The highest BCUT2D eigenvalue weighted by molar-refractivity contribution is 6.46. The Balaban J connectivity index is 1.88. The number of carbonyl (C=O) groups is 2. The predicted octanol–water partition coefficient (Wildman–Crippen LogP) is 5.84. The summed E-state index contributed by atoms with van der Waals surface area (Å²) in [6.07, 6.45) is 3.77. The highest BCUT2D eigenvalue weighted by atomic mass is 35.5. The minimum atomic E-state index is -0.642. The molecule has 1 unspecified atom stereocenters. The van der Waals surface area contributed by atoms with Crippen LogP contribution in [0.15, 0.2) is 48.0 Å². The summed E-state index contributed by atoms with van der Waals surface area (Å²) in [6, 6.07) is 11.8. The van der Waals surface area contributed by atoms with E-state index in [0.717, 1.165) is 42.6 Å². The number of ketones is 1. The van der Waals surface area contributed by atoms with Crippen LogP contribution in [0.1, 0.15) is 68.2 Å². The average Bonchev–Trinajstić information content (AvgIpc) is 3.40. The third kappa shape index (κ3) is 3.90. The number of halogens is 1. The summed E-state index contributed by atoms with van der Waals surface area (Å²) in [6.45, 7) is 4.07. The lowest BCUT2D eigenvalue weighted by Gasteiger charge is -2.30. The molecule has 1 saturated carbocycles. The first-order valence-electron chi connectivity index (χ1n) is 11.1. The van der Waals surface area contributed by atoms with E-state index in [1.54, 1.807) is 36.3 Å². The van der Waals surface area contributed by atoms with Crippen molar-refractivity contribution in [1.29, 1.82) is 0 Å². The molecule has 0 bridgehead atoms. The van der Waals surface area contributed by atoms with Crippen LogP contribution in [0, 0.1) is 0 Å². The van der Waals surface area contributed by atoms with Gasteiger partial charge < -0.3 is 14.7 Å². The molecule has 1 aliphatic heterocycles. The monoisotopic (exact) mass is 453 g/mol. The van der Waals surface area contributed by atoms with Crippen molar-refractivity contribution in [2.75, 3.05) is 7.11 Å². The molecule has 2 aliphatic rings. The third-order valence-electron chi connectivity index (χ3n) is 6.51. The Morgan fingerprint density at radius 3 is 2.34 bits per heavy atom. The van der Waals surface area contributed by atoms with Crippen LogP contribution in [0.4, 0.5) is 0 Å². The van der Waals surface area contributed by atoms with Gasteiger partial charge in [0.1, 0.15) is 11.5 Å². The molecule has 0 radical (unpaired) electrons. The Kier molecular flexibility index (Phi) is 6.29. The molecular weight excluding hydrogens is 426 g/mol. The Morgan fingerprint density at radius 1 is 1.09 bits per heavy atom. The zero-order chi connectivity index (χ0) is 23.0. The van der Waals surface area contributed by atoms with Crippen molar-refractivity contribution >= 4 is 29.1 Å². The van der Waals surface area contributed by atoms with Crippen LogP contribution in [-0.4, -0.2) is 34.8 Å². The van der Waals surface area contributed by atoms with Gasteiger partial charge in [-0.3, -0.25) is 9.59 Å². The lowest BCUT2D eigenvalue weighted by atomic mass is 9.93. The number of likely N-dealkylation sites (tertiary alicyclic amines) is 1. The van der Waals surface area contributed by atoms with Gasteiger partial charge in [-0.05, 0) is 60.2 Å². The second kappa shape index (κ2) is 8.99. The number of aliphatic hydroxyl groups excluding tert-OH is 1. The van der Waals surface area contributed by atoms with Gasteiger partial charge in [-0.25, -0.2) is 0 Å². The van der Waals surface area contributed by atoms with Crippen molar-refractivity contribution in [3.05, 3.63) is 69.8 Å². The lowest BCUT2D eigenvalue weighted by molar-refractivity contribution is -0.141. The summed E-state index contributed by atoms with van der Waals surface area (Å²) in [5.41, 5.74) is 2.31. The number of nitrogens with zero attached hydrogens (tertiary/aromatic N) is 1. The van der Waals surface area contributed by atoms with E-state index in [9.17, 15) is 14.7 Å². The quantitative estimate of drug-likeness (QED) is 0.351. The number of Topliss-reactive ketones (excluding diaryl/α,β-unsaturated/α-hetero) is 1. The molecule has 2 fully saturated rings. The van der Waals surface area contributed by atoms with E-state index in [-0.39, 0.29) is 23.3 Å². The standard InChI is InChI=1S/C26H28ClNO4/c1-15(2)20-14-17(10-13-21(20)32-3)24(29)22-23(16-8-11-18(27)12-9-16)28(26(31)25(22)30)19-6-4-5-7-19/h8-15,19,23,29H,4-7H2,1-3H3/b24-22-. The smallest absolute Gasteiger partial charge is 0.295 e. The van der Waals surface area contributed by atoms with Crippen LogP contribution < -0.4 is 4.74 Å². The molecule has 1 amide bonds. The number of amides is 1. The average molecular weight is 454 g/mol. The van der Waals surface area contributed by atoms with Crippen LogP contribution in [-0.2, 0) is 9.59 Å². The molecule has 1 atom stereocenters. The van der Waals surface area contributed by atoms with E-state index in [1.807, 2.05) is 32.0 Å². The Bertz CT molecular complexity index is 1070. The number of methoxy groups -OCH3 is 1. The molecule has 1 aliphatic carbocycles. The largest absolute Gasteiger partial charge is 0.507 e. The van der Waals surface area contributed by atoms with Crippen molar-refractivity contribution in [3.8, 4) is 5.75 Å². The number of carbonyl (C=O) groups excluding carboxylic acids is 2. The molecule has 0 spiro atoms. The fraction of sp³-hybridized carbons (Fsp3) is 0.385. The zero-order valence-corrected chi connectivity index (χ0v) is 19.4. The fourth-order valence-electron chi connectivity index (χ4n) is 4.87. The van der Waals surface area contributed by atoms with Gasteiger partial charge in [0.15, 0.2) is 0 Å². The predicted molar refractivity (Wildman–Crippen MR) is 125 cm³/mol. The van der Waals surface area contributed by atoms with Crippen LogP contribution in [0.5, 0.6) is 5.75 Å². The SMILES string of the molecule is COc1ccc(/C(O)=C2/C(=O)C(=O)N(C3CCCC3)C2c2ccc(Cl)cc2)cc1C(C)C. The maximum atomic E-state index is 13.2. The van der Waals surface area contributed by atoms with E-state index in [4.69, 9.17) is 16.3 Å². The zero-order valence-electron chi connectivity index (χ0n) is 18.6. The van der Waals surface area contributed by atoms with Gasteiger partial charge >= 0.3 is 0 Å². The highest BCUT2D eigenvalue weighted by Gasteiger charge is 2.49. The van der Waals surface area contributed by atoms with Gasteiger partial charge in [0, 0.05) is 16.6 Å². The second-order valence-corrected chi connectivity index (χ2v) is 9.24. The van der Waals surface area contributed by atoms with Gasteiger partial charge in [0.05, 0.1) is 18.7 Å². The van der Waals surface area contributed by atoms with Crippen LogP contribution in [0.25, 0.3) is 5.76 Å². The maximum Gasteiger partial charge on any atom is 0.295 e. The third-order valence-corrected chi connectivity index (χ3v) is 6.76. The van der Waals surface area contributed by atoms with Gasteiger partial charge in [-0.1, -0.05) is 50.4 Å². The first-order valence-corrected chi connectivity index (χ1v) is 11.4. The lowest BCUT2D eigenvalue weighted by Crippen LogP contribution is -2.37. The summed E-state index contributed by atoms with van der Waals surface area (Å²) in [7, 11) is 1.61. The first kappa shape index (κ1) is 22.4. The van der Waals surface area contributed by atoms with Crippen molar-refractivity contribution in [2.45, 2.75) is 57.5 Å². The van der Waals surface area contributed by atoms with Gasteiger partial charge in [0.2, 0.25) is 0 Å². The number of hydrogen-bond acceptors (Lipinski definition) is 4. The van der Waals surface area contributed by atoms with Crippen molar-refractivity contribution in [1.82, 2.24) is 4.90 Å². The summed E-state index contributed by atoms with van der Waals surface area (Å²) >= 11 is 6.09. The highest BCUT2D eigenvalue weighted by Crippen LogP contribution is 2.44. The van der Waals surface area contributed by atoms with E-state index in [2.05, 4.69) is 0 Å². The minimum absolute atomic E-state index is 0.0143. The van der Waals surface area contributed by atoms with Crippen LogP contribution in [0.2, 0.25) is 5.02 Å². The number of ether oxygens (including phenoxy) is 1. The molecule has 0 aromatic heterocycles. The topological polar surface area (TPSA) is 66.8 Å². The Labute approximate surface area is 193 Å². The number of rotatable bonds is 5. The number of aliphatic hydroxyl groups is 1. The maximum absolute atomic E-state index is 13.2. The van der Waals surface area contributed by atoms with E-state index < -0.39 is 17.7 Å². The molecule has 6 heteroatoms. The minimum Gasteiger partial charge on any atom is -0.507 e. The molecule has 5 nitrogen and oxygen atoms in total. The van der Waals surface area contributed by atoms with Crippen molar-refractivity contribution < 1.29 is 19.4 Å². The molecule has 2 aromatic rings. The molecule has 32 heavy (non-hydrogen) atoms. The van der Waals surface area contributed by atoms with Crippen LogP contribution >= 0.6 is 11.6 Å².